The van der Waals surface area contributed by atoms with Crippen molar-refractivity contribution in [2.75, 3.05) is 7.11 Å². The number of ether oxygens (including phenoxy) is 1. The molecule has 0 bridgehead atoms. The quantitative estimate of drug-likeness (QED) is 0.691. The lowest BCUT2D eigenvalue weighted by atomic mass is 9.84. The Kier molecular flexibility index (Phi) is 3.53. The summed E-state index contributed by atoms with van der Waals surface area (Å²) >= 11 is 6.20. The minimum Gasteiger partial charge on any atom is -0.497 e. The molecular formula is C13H17ClO. The van der Waals surface area contributed by atoms with Crippen LogP contribution in [0.25, 0.3) is 0 Å². The van der Waals surface area contributed by atoms with Gasteiger partial charge in [-0.2, -0.15) is 0 Å². The fraction of sp³-hybridized carbons (Fsp3) is 0.538. The zero-order valence-electron chi connectivity index (χ0n) is 9.08. The second-order valence-corrected chi connectivity index (χ2v) is 4.85. The van der Waals surface area contributed by atoms with Crippen LogP contribution in [-0.2, 0) is 0 Å². The Morgan fingerprint density at radius 2 is 1.93 bits per heavy atom. The van der Waals surface area contributed by atoms with E-state index in [0.29, 0.717) is 11.3 Å². The van der Waals surface area contributed by atoms with E-state index >= 15 is 0 Å². The lowest BCUT2D eigenvalue weighted by Crippen LogP contribution is -2.13. The van der Waals surface area contributed by atoms with E-state index in [-0.39, 0.29) is 0 Å². The Balaban J connectivity index is 2.07. The number of halogens is 1. The van der Waals surface area contributed by atoms with Crippen molar-refractivity contribution in [2.24, 2.45) is 0 Å². The number of hydrogen-bond acceptors (Lipinski definition) is 1. The number of alkyl halides is 1. The van der Waals surface area contributed by atoms with Crippen molar-refractivity contribution < 1.29 is 4.74 Å². The van der Waals surface area contributed by atoms with E-state index in [1.165, 1.54) is 24.8 Å². The molecular weight excluding hydrogens is 208 g/mol. The van der Waals surface area contributed by atoms with Crippen LogP contribution in [0.4, 0.5) is 0 Å². The highest BCUT2D eigenvalue weighted by Gasteiger charge is 2.21. The minimum absolute atomic E-state index is 0.367. The fourth-order valence-corrected chi connectivity index (χ4v) is 2.68. The van der Waals surface area contributed by atoms with Gasteiger partial charge in [0.25, 0.3) is 0 Å². The average molecular weight is 225 g/mol. The van der Waals surface area contributed by atoms with Gasteiger partial charge in [0.15, 0.2) is 0 Å². The lowest BCUT2D eigenvalue weighted by Gasteiger charge is -2.25. The summed E-state index contributed by atoms with van der Waals surface area (Å²) < 4.78 is 5.15. The van der Waals surface area contributed by atoms with Gasteiger partial charge in [-0.25, -0.2) is 0 Å². The van der Waals surface area contributed by atoms with Crippen molar-refractivity contribution >= 4 is 11.6 Å². The fourth-order valence-electron chi connectivity index (χ4n) is 2.31. The van der Waals surface area contributed by atoms with E-state index in [1.807, 2.05) is 12.1 Å². The zero-order valence-corrected chi connectivity index (χ0v) is 9.83. The summed E-state index contributed by atoms with van der Waals surface area (Å²) in [6, 6.07) is 8.40. The molecule has 2 atom stereocenters. The van der Waals surface area contributed by atoms with Gasteiger partial charge in [0.05, 0.1) is 7.11 Å². The molecule has 2 rings (SSSR count). The van der Waals surface area contributed by atoms with E-state index in [2.05, 4.69) is 12.1 Å². The maximum Gasteiger partial charge on any atom is 0.118 e. The summed E-state index contributed by atoms with van der Waals surface area (Å²) in [7, 11) is 1.70. The first kappa shape index (κ1) is 10.8. The third kappa shape index (κ3) is 2.66. The van der Waals surface area contributed by atoms with Crippen molar-refractivity contribution in [2.45, 2.75) is 37.0 Å². The monoisotopic (exact) mass is 224 g/mol. The minimum atomic E-state index is 0.367. The average Bonchev–Trinajstić information content (AvgIpc) is 2.29. The molecule has 0 amide bonds. The maximum absolute atomic E-state index is 6.20. The SMILES string of the molecule is COc1ccc(C2CCCC(Cl)C2)cc1. The van der Waals surface area contributed by atoms with Crippen LogP contribution in [0.5, 0.6) is 5.75 Å². The molecule has 82 valence electrons. The first-order valence-corrected chi connectivity index (χ1v) is 6.01. The molecule has 1 aromatic carbocycles. The molecule has 0 aromatic heterocycles. The van der Waals surface area contributed by atoms with E-state index in [4.69, 9.17) is 16.3 Å². The van der Waals surface area contributed by atoms with Crippen LogP contribution in [0, 0.1) is 0 Å². The van der Waals surface area contributed by atoms with Crippen LogP contribution >= 0.6 is 11.6 Å². The number of methoxy groups -OCH3 is 1. The Hall–Kier alpha value is -0.690. The molecule has 2 unspecified atom stereocenters. The molecule has 0 heterocycles. The van der Waals surface area contributed by atoms with Gasteiger partial charge in [0.2, 0.25) is 0 Å². The molecule has 0 saturated heterocycles. The second kappa shape index (κ2) is 4.89. The summed E-state index contributed by atoms with van der Waals surface area (Å²) in [5.41, 5.74) is 1.40. The van der Waals surface area contributed by atoms with Gasteiger partial charge in [0.1, 0.15) is 5.75 Å². The van der Waals surface area contributed by atoms with Crippen LogP contribution in [0.2, 0.25) is 0 Å². The van der Waals surface area contributed by atoms with Crippen LogP contribution in [0.15, 0.2) is 24.3 Å². The highest BCUT2D eigenvalue weighted by atomic mass is 35.5. The first-order chi connectivity index (χ1) is 7.29. The van der Waals surface area contributed by atoms with Crippen molar-refractivity contribution in [1.82, 2.24) is 0 Å². The van der Waals surface area contributed by atoms with Gasteiger partial charge in [-0.05, 0) is 42.9 Å². The van der Waals surface area contributed by atoms with Gasteiger partial charge >= 0.3 is 0 Å². The van der Waals surface area contributed by atoms with Crippen LogP contribution in [0.1, 0.15) is 37.2 Å². The molecule has 0 N–H and O–H groups in total. The topological polar surface area (TPSA) is 9.23 Å². The molecule has 1 aliphatic rings. The van der Waals surface area contributed by atoms with Gasteiger partial charge < -0.3 is 4.74 Å². The molecule has 1 saturated carbocycles. The predicted octanol–water partition coefficient (Wildman–Crippen LogP) is 3.96. The Bertz CT molecular complexity index is 307. The number of benzene rings is 1. The van der Waals surface area contributed by atoms with E-state index in [9.17, 15) is 0 Å². The highest BCUT2D eigenvalue weighted by molar-refractivity contribution is 6.20. The first-order valence-electron chi connectivity index (χ1n) is 5.57. The standard InChI is InChI=1S/C13H17ClO/c1-15-13-7-5-10(6-8-13)11-3-2-4-12(14)9-11/h5-8,11-12H,2-4,9H2,1H3. The summed E-state index contributed by atoms with van der Waals surface area (Å²) in [5.74, 6) is 1.57. The van der Waals surface area contributed by atoms with Crippen LogP contribution in [-0.4, -0.2) is 12.5 Å². The summed E-state index contributed by atoms with van der Waals surface area (Å²) in [4.78, 5) is 0. The molecule has 2 heteroatoms. The Morgan fingerprint density at radius 1 is 1.20 bits per heavy atom. The second-order valence-electron chi connectivity index (χ2n) is 4.23. The van der Waals surface area contributed by atoms with Gasteiger partial charge in [-0.3, -0.25) is 0 Å². The smallest absolute Gasteiger partial charge is 0.118 e. The molecule has 15 heavy (non-hydrogen) atoms. The van der Waals surface area contributed by atoms with Crippen molar-refractivity contribution in [3.8, 4) is 5.75 Å². The molecule has 0 spiro atoms. The zero-order chi connectivity index (χ0) is 10.7. The third-order valence-electron chi connectivity index (χ3n) is 3.20. The molecule has 0 radical (unpaired) electrons. The summed E-state index contributed by atoms with van der Waals surface area (Å²) in [6.45, 7) is 0. The largest absolute Gasteiger partial charge is 0.497 e. The highest BCUT2D eigenvalue weighted by Crippen LogP contribution is 2.35. The van der Waals surface area contributed by atoms with Gasteiger partial charge in [-0.1, -0.05) is 18.6 Å². The van der Waals surface area contributed by atoms with Crippen molar-refractivity contribution in [1.29, 1.82) is 0 Å². The third-order valence-corrected chi connectivity index (χ3v) is 3.59. The van der Waals surface area contributed by atoms with Crippen LogP contribution in [0.3, 0.4) is 0 Å². The van der Waals surface area contributed by atoms with Crippen molar-refractivity contribution in [3.63, 3.8) is 0 Å². The summed E-state index contributed by atoms with van der Waals surface area (Å²) in [5, 5.41) is 0.367. The molecule has 1 aliphatic carbocycles. The Labute approximate surface area is 96.4 Å². The molecule has 1 fully saturated rings. The lowest BCUT2D eigenvalue weighted by molar-refractivity contribution is 0.413. The Morgan fingerprint density at radius 3 is 2.53 bits per heavy atom. The summed E-state index contributed by atoms with van der Waals surface area (Å²) in [6.07, 6.45) is 4.82. The predicted molar refractivity (Wildman–Crippen MR) is 63.8 cm³/mol. The van der Waals surface area contributed by atoms with E-state index in [1.54, 1.807) is 7.11 Å². The number of rotatable bonds is 2. The molecule has 1 aromatic rings. The van der Waals surface area contributed by atoms with Crippen molar-refractivity contribution in [3.05, 3.63) is 29.8 Å². The number of hydrogen-bond donors (Lipinski definition) is 0. The molecule has 0 aliphatic heterocycles. The maximum atomic E-state index is 6.20. The van der Waals surface area contributed by atoms with E-state index in [0.717, 1.165) is 12.2 Å². The van der Waals surface area contributed by atoms with Gasteiger partial charge in [-0.15, -0.1) is 11.6 Å². The normalized spacial score (nSPS) is 26.3. The van der Waals surface area contributed by atoms with Crippen LogP contribution < -0.4 is 4.74 Å². The van der Waals surface area contributed by atoms with Gasteiger partial charge in [0, 0.05) is 5.38 Å². The molecule has 1 nitrogen and oxygen atoms in total. The van der Waals surface area contributed by atoms with E-state index < -0.39 is 0 Å².